The van der Waals surface area contributed by atoms with E-state index < -0.39 is 17.3 Å². The summed E-state index contributed by atoms with van der Waals surface area (Å²) in [7, 11) is 0. The average Bonchev–Trinajstić information content (AvgIpc) is 2.66. The number of hydrogen-bond acceptors (Lipinski definition) is 3. The second-order valence-corrected chi connectivity index (χ2v) is 7.69. The Bertz CT molecular complexity index is 1060. The number of aromatic hydroxyl groups is 1. The van der Waals surface area contributed by atoms with Gasteiger partial charge in [0.1, 0.15) is 5.75 Å². The van der Waals surface area contributed by atoms with Crippen LogP contribution in [0.25, 0.3) is 10.8 Å². The molecule has 2 aromatic rings. The van der Waals surface area contributed by atoms with Crippen LogP contribution in [0.3, 0.4) is 0 Å². The van der Waals surface area contributed by atoms with Crippen molar-refractivity contribution in [3.63, 3.8) is 0 Å². The minimum absolute atomic E-state index is 0.0150. The van der Waals surface area contributed by atoms with Crippen LogP contribution in [0.15, 0.2) is 72.4 Å². The second kappa shape index (κ2) is 6.05. The lowest BCUT2D eigenvalue weighted by molar-refractivity contribution is -0.137. The highest BCUT2D eigenvalue weighted by atomic mass is 16.3. The molecule has 0 spiro atoms. The molecule has 2 aliphatic rings. The maximum Gasteiger partial charge on any atom is 0.163 e. The fourth-order valence-electron chi connectivity index (χ4n) is 4.81. The van der Waals surface area contributed by atoms with Crippen LogP contribution < -0.4 is 0 Å². The van der Waals surface area contributed by atoms with Crippen LogP contribution in [0.1, 0.15) is 31.7 Å². The normalized spacial score (nSPS) is 27.8. The molecule has 1 N–H and O–H groups in total. The molecule has 2 aromatic carbocycles. The van der Waals surface area contributed by atoms with Gasteiger partial charge in [0, 0.05) is 17.4 Å². The first-order valence-corrected chi connectivity index (χ1v) is 9.19. The number of ketones is 2. The highest BCUT2D eigenvalue weighted by Gasteiger charge is 2.55. The molecular formula is C24H22O3. The molecule has 0 saturated heterocycles. The first-order valence-electron chi connectivity index (χ1n) is 9.19. The van der Waals surface area contributed by atoms with Crippen molar-refractivity contribution in [2.45, 2.75) is 26.2 Å². The Morgan fingerprint density at radius 3 is 2.67 bits per heavy atom. The lowest BCUT2D eigenvalue weighted by atomic mass is 9.53. The topological polar surface area (TPSA) is 54.4 Å². The summed E-state index contributed by atoms with van der Waals surface area (Å²) < 4.78 is 0. The van der Waals surface area contributed by atoms with E-state index in [-0.39, 0.29) is 17.3 Å². The minimum Gasteiger partial charge on any atom is -0.508 e. The molecule has 3 atom stereocenters. The maximum absolute atomic E-state index is 13.2. The molecular weight excluding hydrogens is 336 g/mol. The first kappa shape index (κ1) is 17.5. The van der Waals surface area contributed by atoms with E-state index in [9.17, 15) is 14.7 Å². The summed E-state index contributed by atoms with van der Waals surface area (Å²) in [6.07, 6.45) is 5.72. The van der Waals surface area contributed by atoms with Crippen molar-refractivity contribution in [1.82, 2.24) is 0 Å². The fourth-order valence-corrected chi connectivity index (χ4v) is 4.81. The summed E-state index contributed by atoms with van der Waals surface area (Å²) in [5, 5.41) is 12.7. The van der Waals surface area contributed by atoms with Crippen LogP contribution in [-0.2, 0) is 9.59 Å². The molecule has 27 heavy (non-hydrogen) atoms. The Labute approximate surface area is 158 Å². The van der Waals surface area contributed by atoms with Gasteiger partial charge in [0.05, 0.1) is 5.41 Å². The third-order valence-electron chi connectivity index (χ3n) is 6.30. The zero-order valence-corrected chi connectivity index (χ0v) is 15.5. The van der Waals surface area contributed by atoms with Gasteiger partial charge in [-0.3, -0.25) is 9.59 Å². The number of carbonyl (C=O) groups excluding carboxylic acids is 2. The molecule has 0 heterocycles. The Hall–Kier alpha value is -2.94. The third-order valence-corrected chi connectivity index (χ3v) is 6.30. The van der Waals surface area contributed by atoms with E-state index in [1.54, 1.807) is 19.1 Å². The van der Waals surface area contributed by atoms with Gasteiger partial charge in [0.15, 0.2) is 11.6 Å². The summed E-state index contributed by atoms with van der Waals surface area (Å²) in [5.74, 6) is -0.766. The number of carbonyl (C=O) groups is 2. The van der Waals surface area contributed by atoms with Gasteiger partial charge in [-0.15, -0.1) is 0 Å². The van der Waals surface area contributed by atoms with Crippen molar-refractivity contribution < 1.29 is 14.7 Å². The molecule has 3 unspecified atom stereocenters. The van der Waals surface area contributed by atoms with Crippen molar-refractivity contribution in [1.29, 1.82) is 0 Å². The molecule has 0 amide bonds. The number of phenolic OH excluding ortho intramolecular Hbond substituents is 1. The summed E-state index contributed by atoms with van der Waals surface area (Å²) in [4.78, 5) is 26.1. The highest BCUT2D eigenvalue weighted by Crippen LogP contribution is 2.57. The molecule has 0 aliphatic heterocycles. The number of rotatable bonds is 2. The van der Waals surface area contributed by atoms with Crippen molar-refractivity contribution in [3.8, 4) is 5.75 Å². The van der Waals surface area contributed by atoms with Crippen LogP contribution >= 0.6 is 0 Å². The zero-order chi connectivity index (χ0) is 19.3. The van der Waals surface area contributed by atoms with Gasteiger partial charge in [-0.25, -0.2) is 0 Å². The van der Waals surface area contributed by atoms with Crippen LogP contribution in [-0.4, -0.2) is 16.7 Å². The van der Waals surface area contributed by atoms with Gasteiger partial charge in [-0.05, 0) is 47.4 Å². The monoisotopic (exact) mass is 358 g/mol. The van der Waals surface area contributed by atoms with Crippen molar-refractivity contribution >= 4 is 22.3 Å². The van der Waals surface area contributed by atoms with Crippen LogP contribution in [0.5, 0.6) is 5.75 Å². The lowest BCUT2D eigenvalue weighted by Gasteiger charge is -2.47. The third kappa shape index (κ3) is 2.34. The molecule has 0 saturated carbocycles. The summed E-state index contributed by atoms with van der Waals surface area (Å²) in [6, 6.07) is 11.3. The van der Waals surface area contributed by atoms with Gasteiger partial charge in [0.25, 0.3) is 0 Å². The Balaban J connectivity index is 2.06. The Morgan fingerprint density at radius 2 is 1.93 bits per heavy atom. The standard InChI is InChI=1S/C24H22O3/c1-4-15-9-11-18-23(27)14(2)13-20(26)24(18,3)22(15)21-17-8-6-5-7-16(17)10-12-19(21)25/h4-10,12-13,18,22,25H,1,11H2,2-3H3. The molecule has 4 rings (SSSR count). The lowest BCUT2D eigenvalue weighted by Crippen LogP contribution is -2.49. The molecule has 2 aliphatic carbocycles. The van der Waals surface area contributed by atoms with Crippen LogP contribution in [0.4, 0.5) is 0 Å². The molecule has 0 aromatic heterocycles. The van der Waals surface area contributed by atoms with Gasteiger partial charge in [-0.2, -0.15) is 0 Å². The maximum atomic E-state index is 13.2. The number of fused-ring (bicyclic) bond motifs is 2. The van der Waals surface area contributed by atoms with E-state index in [2.05, 4.69) is 6.58 Å². The van der Waals surface area contributed by atoms with Crippen LogP contribution in [0.2, 0.25) is 0 Å². The van der Waals surface area contributed by atoms with E-state index in [0.717, 1.165) is 16.3 Å². The first-order chi connectivity index (χ1) is 12.9. The molecule has 3 heteroatoms. The Kier molecular flexibility index (Phi) is 3.92. The van der Waals surface area contributed by atoms with E-state index in [1.807, 2.05) is 43.3 Å². The quantitative estimate of drug-likeness (QED) is 0.833. The van der Waals surface area contributed by atoms with E-state index in [1.165, 1.54) is 6.08 Å². The molecule has 0 radical (unpaired) electrons. The van der Waals surface area contributed by atoms with Crippen molar-refractivity contribution in [2.75, 3.05) is 0 Å². The predicted molar refractivity (Wildman–Crippen MR) is 107 cm³/mol. The summed E-state index contributed by atoms with van der Waals surface area (Å²) >= 11 is 0. The largest absolute Gasteiger partial charge is 0.508 e. The van der Waals surface area contributed by atoms with E-state index in [0.29, 0.717) is 17.6 Å². The Morgan fingerprint density at radius 1 is 1.19 bits per heavy atom. The molecule has 136 valence electrons. The second-order valence-electron chi connectivity index (χ2n) is 7.69. The smallest absolute Gasteiger partial charge is 0.163 e. The summed E-state index contributed by atoms with van der Waals surface area (Å²) in [6.45, 7) is 7.51. The average molecular weight is 358 g/mol. The number of phenols is 1. The van der Waals surface area contributed by atoms with Gasteiger partial charge >= 0.3 is 0 Å². The van der Waals surface area contributed by atoms with E-state index >= 15 is 0 Å². The molecule has 0 bridgehead atoms. The zero-order valence-electron chi connectivity index (χ0n) is 15.5. The number of allylic oxidation sites excluding steroid dienone is 5. The summed E-state index contributed by atoms with van der Waals surface area (Å²) in [5.41, 5.74) is 1.14. The van der Waals surface area contributed by atoms with Crippen molar-refractivity contribution in [2.24, 2.45) is 11.3 Å². The van der Waals surface area contributed by atoms with Crippen molar-refractivity contribution in [3.05, 3.63) is 77.9 Å². The molecule has 3 nitrogen and oxygen atoms in total. The van der Waals surface area contributed by atoms with Gasteiger partial charge in [-0.1, -0.05) is 56.0 Å². The van der Waals surface area contributed by atoms with Gasteiger partial charge < -0.3 is 5.11 Å². The SMILES string of the molecule is C=CC1=CCC2C(=O)C(C)=CC(=O)C2(C)C1c1c(O)ccc2ccccc12. The number of benzene rings is 2. The highest BCUT2D eigenvalue weighted by molar-refractivity contribution is 6.13. The minimum atomic E-state index is -0.948. The fraction of sp³-hybridized carbons (Fsp3) is 0.250. The van der Waals surface area contributed by atoms with Gasteiger partial charge in [0.2, 0.25) is 0 Å². The predicted octanol–water partition coefficient (Wildman–Crippen LogP) is 4.87. The number of Topliss-reactive ketones (excluding diaryl/α,β-unsaturated/α-hetero) is 1. The van der Waals surface area contributed by atoms with Crippen LogP contribution in [0, 0.1) is 11.3 Å². The van der Waals surface area contributed by atoms with E-state index in [4.69, 9.17) is 0 Å². The molecule has 0 fully saturated rings. The number of hydrogen-bond donors (Lipinski definition) is 1.